The van der Waals surface area contributed by atoms with Gasteiger partial charge in [-0.3, -0.25) is 14.4 Å². The van der Waals surface area contributed by atoms with Crippen LogP contribution in [-0.4, -0.2) is 54.1 Å². The zero-order valence-corrected chi connectivity index (χ0v) is 14.9. The largest absolute Gasteiger partial charge is 0.367 e. The number of nitrogens with zero attached hydrogens (tertiary/aromatic N) is 6. The van der Waals surface area contributed by atoms with Gasteiger partial charge in [-0.05, 0) is 19.9 Å². The van der Waals surface area contributed by atoms with Crippen molar-refractivity contribution in [2.75, 3.05) is 19.7 Å². The Balaban J connectivity index is 1.49. The molecule has 1 atom stereocenters. The Hall–Kier alpha value is -2.32. The van der Waals surface area contributed by atoms with Gasteiger partial charge in [-0.1, -0.05) is 6.92 Å². The van der Waals surface area contributed by atoms with Crippen LogP contribution in [0.1, 0.15) is 41.8 Å². The maximum Gasteiger partial charge on any atom is 0.234 e. The Morgan fingerprint density at radius 2 is 2.16 bits per heavy atom. The van der Waals surface area contributed by atoms with Crippen LogP contribution >= 0.6 is 0 Å². The molecule has 3 aromatic heterocycles. The Bertz CT molecular complexity index is 884. The van der Waals surface area contributed by atoms with Gasteiger partial charge in [-0.25, -0.2) is 15.0 Å². The van der Waals surface area contributed by atoms with Crippen molar-refractivity contribution in [3.8, 4) is 0 Å². The molecular formula is C17H23N7O. The molecule has 8 heteroatoms. The summed E-state index contributed by atoms with van der Waals surface area (Å²) in [4.78, 5) is 16.0. The summed E-state index contributed by atoms with van der Waals surface area (Å²) in [7, 11) is 0. The number of hydrogen-bond acceptors (Lipinski definition) is 6. The molecule has 0 saturated carbocycles. The normalized spacial score (nSPS) is 18.9. The smallest absolute Gasteiger partial charge is 0.234 e. The summed E-state index contributed by atoms with van der Waals surface area (Å²) in [6.45, 7) is 9.21. The monoisotopic (exact) mass is 341 g/mol. The molecule has 0 bridgehead atoms. The van der Waals surface area contributed by atoms with Gasteiger partial charge < -0.3 is 4.74 Å². The summed E-state index contributed by atoms with van der Waals surface area (Å²) in [5, 5.41) is 7.25. The number of aromatic amines is 1. The molecule has 1 N–H and O–H groups in total. The zero-order valence-electron chi connectivity index (χ0n) is 14.9. The molecule has 4 rings (SSSR count). The summed E-state index contributed by atoms with van der Waals surface area (Å²) in [5.41, 5.74) is 3.16. The van der Waals surface area contributed by atoms with Crippen LogP contribution in [0.15, 0.2) is 12.3 Å². The van der Waals surface area contributed by atoms with Crippen LogP contribution in [0.2, 0.25) is 0 Å². The van der Waals surface area contributed by atoms with Gasteiger partial charge >= 0.3 is 0 Å². The number of morpholine rings is 1. The molecule has 3 aromatic rings. The summed E-state index contributed by atoms with van der Waals surface area (Å²) in [5.74, 6) is 2.40. The number of ether oxygens (including phenoxy) is 1. The van der Waals surface area contributed by atoms with Gasteiger partial charge in [0.05, 0.1) is 12.3 Å². The maximum atomic E-state index is 5.86. The average molecular weight is 341 g/mol. The Morgan fingerprint density at radius 3 is 2.96 bits per heavy atom. The van der Waals surface area contributed by atoms with Crippen molar-refractivity contribution >= 4 is 5.78 Å². The van der Waals surface area contributed by atoms with Crippen LogP contribution in [0.3, 0.4) is 0 Å². The Morgan fingerprint density at radius 1 is 1.28 bits per heavy atom. The molecule has 25 heavy (non-hydrogen) atoms. The fourth-order valence-electron chi connectivity index (χ4n) is 3.24. The first kappa shape index (κ1) is 16.2. The van der Waals surface area contributed by atoms with E-state index in [1.54, 1.807) is 0 Å². The Kier molecular flexibility index (Phi) is 4.22. The van der Waals surface area contributed by atoms with Crippen molar-refractivity contribution in [1.82, 2.24) is 34.4 Å². The maximum absolute atomic E-state index is 5.86. The highest BCUT2D eigenvalue weighted by molar-refractivity contribution is 5.34. The standard InChI is InChI=1S/C17H23N7O/c1-4-15-20-16(22-21-15)14-10-23(5-6-25-14)8-13-9-24-12(3)7-11(2)18-17(24)19-13/h7,9,14H,4-6,8,10H2,1-3H3,(H,20,21,22). The third-order valence-corrected chi connectivity index (χ3v) is 4.52. The third kappa shape index (κ3) is 3.27. The van der Waals surface area contributed by atoms with Crippen LogP contribution in [0.5, 0.6) is 0 Å². The van der Waals surface area contributed by atoms with Gasteiger partial charge in [0, 0.05) is 43.6 Å². The highest BCUT2D eigenvalue weighted by atomic mass is 16.5. The van der Waals surface area contributed by atoms with E-state index >= 15 is 0 Å². The van der Waals surface area contributed by atoms with Crippen LogP contribution in [0.25, 0.3) is 5.78 Å². The number of aryl methyl sites for hydroxylation is 3. The van der Waals surface area contributed by atoms with E-state index in [4.69, 9.17) is 4.74 Å². The fraction of sp³-hybridized carbons (Fsp3) is 0.529. The molecule has 1 aliphatic heterocycles. The predicted octanol–water partition coefficient (Wildman–Crippen LogP) is 1.60. The first-order valence-corrected chi connectivity index (χ1v) is 8.69. The minimum absolute atomic E-state index is 0.0931. The summed E-state index contributed by atoms with van der Waals surface area (Å²) < 4.78 is 7.90. The lowest BCUT2D eigenvalue weighted by molar-refractivity contribution is -0.0373. The summed E-state index contributed by atoms with van der Waals surface area (Å²) >= 11 is 0. The first-order valence-electron chi connectivity index (χ1n) is 8.69. The topological polar surface area (TPSA) is 84.2 Å². The van der Waals surface area contributed by atoms with Gasteiger partial charge in [-0.15, -0.1) is 0 Å². The molecule has 1 unspecified atom stereocenters. The third-order valence-electron chi connectivity index (χ3n) is 4.52. The second-order valence-electron chi connectivity index (χ2n) is 6.53. The quantitative estimate of drug-likeness (QED) is 0.776. The summed E-state index contributed by atoms with van der Waals surface area (Å²) in [6, 6.07) is 2.07. The second kappa shape index (κ2) is 6.53. The lowest BCUT2D eigenvalue weighted by atomic mass is 10.2. The number of nitrogens with one attached hydrogen (secondary N) is 1. The second-order valence-corrected chi connectivity index (χ2v) is 6.53. The van der Waals surface area contributed by atoms with Crippen molar-refractivity contribution in [2.24, 2.45) is 0 Å². The van der Waals surface area contributed by atoms with E-state index in [-0.39, 0.29) is 6.10 Å². The van der Waals surface area contributed by atoms with Crippen molar-refractivity contribution in [2.45, 2.75) is 39.8 Å². The van der Waals surface area contributed by atoms with E-state index in [0.717, 1.165) is 60.6 Å². The lowest BCUT2D eigenvalue weighted by Crippen LogP contribution is -2.38. The number of rotatable bonds is 4. The van der Waals surface area contributed by atoms with E-state index in [1.165, 1.54) is 0 Å². The number of imidazole rings is 1. The van der Waals surface area contributed by atoms with Crippen LogP contribution in [0.4, 0.5) is 0 Å². The van der Waals surface area contributed by atoms with Gasteiger partial charge in [0.25, 0.3) is 0 Å². The molecule has 4 heterocycles. The number of H-pyrrole nitrogens is 1. The molecule has 0 spiro atoms. The van der Waals surface area contributed by atoms with E-state index < -0.39 is 0 Å². The molecule has 132 valence electrons. The molecule has 1 fully saturated rings. The van der Waals surface area contributed by atoms with Gasteiger partial charge in [0.2, 0.25) is 5.78 Å². The zero-order chi connectivity index (χ0) is 17.4. The van der Waals surface area contributed by atoms with Crippen LogP contribution in [-0.2, 0) is 17.7 Å². The Labute approximate surface area is 146 Å². The highest BCUT2D eigenvalue weighted by Crippen LogP contribution is 2.21. The molecule has 1 saturated heterocycles. The highest BCUT2D eigenvalue weighted by Gasteiger charge is 2.25. The van der Waals surface area contributed by atoms with Gasteiger partial charge in [0.1, 0.15) is 11.9 Å². The SMILES string of the molecule is CCc1nc(C2CN(Cc3cn4c(C)cc(C)nc4n3)CCO2)n[nH]1. The van der Waals surface area contributed by atoms with Crippen LogP contribution < -0.4 is 0 Å². The number of aromatic nitrogens is 6. The van der Waals surface area contributed by atoms with Crippen molar-refractivity contribution in [3.63, 3.8) is 0 Å². The number of fused-ring (bicyclic) bond motifs is 1. The van der Waals surface area contributed by atoms with Gasteiger partial charge in [-0.2, -0.15) is 5.10 Å². The fourth-order valence-corrected chi connectivity index (χ4v) is 3.24. The molecule has 0 aliphatic carbocycles. The van der Waals surface area contributed by atoms with E-state index in [1.807, 2.05) is 11.3 Å². The molecule has 0 radical (unpaired) electrons. The average Bonchev–Trinajstić information content (AvgIpc) is 3.21. The molecule has 0 amide bonds. The van der Waals surface area contributed by atoms with Crippen molar-refractivity contribution < 1.29 is 4.74 Å². The summed E-state index contributed by atoms with van der Waals surface area (Å²) in [6.07, 6.45) is 2.82. The predicted molar refractivity (Wildman–Crippen MR) is 92.2 cm³/mol. The van der Waals surface area contributed by atoms with E-state index in [2.05, 4.69) is 56.2 Å². The lowest BCUT2D eigenvalue weighted by Gasteiger charge is -2.30. The van der Waals surface area contributed by atoms with Gasteiger partial charge in [0.15, 0.2) is 5.82 Å². The van der Waals surface area contributed by atoms with E-state index in [0.29, 0.717) is 6.61 Å². The van der Waals surface area contributed by atoms with Crippen molar-refractivity contribution in [3.05, 3.63) is 41.0 Å². The number of hydrogen-bond donors (Lipinski definition) is 1. The molecule has 0 aromatic carbocycles. The minimum Gasteiger partial charge on any atom is -0.367 e. The van der Waals surface area contributed by atoms with Crippen LogP contribution in [0, 0.1) is 13.8 Å². The van der Waals surface area contributed by atoms with Crippen molar-refractivity contribution in [1.29, 1.82) is 0 Å². The molecule has 1 aliphatic rings. The molecular weight excluding hydrogens is 318 g/mol. The first-order chi connectivity index (χ1) is 12.1. The minimum atomic E-state index is -0.0931. The van der Waals surface area contributed by atoms with E-state index in [9.17, 15) is 0 Å². The molecule has 8 nitrogen and oxygen atoms in total.